The van der Waals surface area contributed by atoms with Gasteiger partial charge < -0.3 is 15.6 Å². The molecule has 1 heterocycles. The van der Waals surface area contributed by atoms with Crippen LogP contribution in [0.5, 0.6) is 11.5 Å². The second kappa shape index (κ2) is 6.16. The minimum atomic E-state index is -0.582. The number of hydrogen-bond acceptors (Lipinski definition) is 4. The molecule has 1 atom stereocenters. The van der Waals surface area contributed by atoms with Gasteiger partial charge in [-0.2, -0.15) is 0 Å². The first kappa shape index (κ1) is 14.0. The second-order valence-corrected chi connectivity index (χ2v) is 4.31. The number of rotatable bonds is 5. The molecule has 0 spiro atoms. The SMILES string of the molecule is CC[C@@H](O)c1ccc(Oc2ccccc2C(N)=O)cn1. The number of carbonyl (C=O) groups is 1. The van der Waals surface area contributed by atoms with Gasteiger partial charge in [-0.15, -0.1) is 0 Å². The van der Waals surface area contributed by atoms with Crippen molar-refractivity contribution in [2.45, 2.75) is 19.4 Å². The van der Waals surface area contributed by atoms with Crippen molar-refractivity contribution in [3.63, 3.8) is 0 Å². The van der Waals surface area contributed by atoms with Crippen molar-refractivity contribution in [2.75, 3.05) is 0 Å². The molecule has 2 aromatic rings. The summed E-state index contributed by atoms with van der Waals surface area (Å²) < 4.78 is 5.59. The molecule has 0 unspecified atom stereocenters. The predicted octanol–water partition coefficient (Wildman–Crippen LogP) is 2.42. The summed E-state index contributed by atoms with van der Waals surface area (Å²) >= 11 is 0. The first-order valence-electron chi connectivity index (χ1n) is 6.32. The summed E-state index contributed by atoms with van der Waals surface area (Å²) in [5.74, 6) is 0.308. The van der Waals surface area contributed by atoms with E-state index in [1.54, 1.807) is 36.4 Å². The van der Waals surface area contributed by atoms with Gasteiger partial charge in [0.05, 0.1) is 23.6 Å². The number of nitrogens with two attached hydrogens (primary N) is 1. The zero-order chi connectivity index (χ0) is 14.5. The number of aliphatic hydroxyl groups excluding tert-OH is 1. The van der Waals surface area contributed by atoms with Crippen molar-refractivity contribution in [3.8, 4) is 11.5 Å². The molecule has 5 heteroatoms. The van der Waals surface area contributed by atoms with Crippen LogP contribution in [0.3, 0.4) is 0 Å². The van der Waals surface area contributed by atoms with Crippen LogP contribution >= 0.6 is 0 Å². The molecule has 0 radical (unpaired) electrons. The van der Waals surface area contributed by atoms with E-state index in [-0.39, 0.29) is 0 Å². The molecule has 3 N–H and O–H groups in total. The van der Waals surface area contributed by atoms with Crippen LogP contribution in [0.2, 0.25) is 0 Å². The first-order chi connectivity index (χ1) is 9.61. The molecular formula is C15H16N2O3. The summed E-state index contributed by atoms with van der Waals surface area (Å²) in [6.45, 7) is 1.87. The van der Waals surface area contributed by atoms with Crippen LogP contribution in [0.15, 0.2) is 42.6 Å². The molecule has 1 aromatic carbocycles. The van der Waals surface area contributed by atoms with E-state index in [4.69, 9.17) is 10.5 Å². The normalized spacial score (nSPS) is 11.9. The number of primary amides is 1. The Morgan fingerprint density at radius 2 is 2.10 bits per heavy atom. The molecule has 104 valence electrons. The number of pyridine rings is 1. The Hall–Kier alpha value is -2.40. The van der Waals surface area contributed by atoms with E-state index in [0.717, 1.165) is 0 Å². The molecule has 0 fully saturated rings. The molecule has 2 rings (SSSR count). The van der Waals surface area contributed by atoms with Gasteiger partial charge in [0.15, 0.2) is 0 Å². The zero-order valence-electron chi connectivity index (χ0n) is 11.1. The Labute approximate surface area is 117 Å². The van der Waals surface area contributed by atoms with Crippen molar-refractivity contribution in [2.24, 2.45) is 5.73 Å². The van der Waals surface area contributed by atoms with Crippen molar-refractivity contribution < 1.29 is 14.6 Å². The third-order valence-electron chi connectivity index (χ3n) is 2.87. The summed E-state index contributed by atoms with van der Waals surface area (Å²) in [6, 6.07) is 10.1. The molecule has 0 aliphatic rings. The lowest BCUT2D eigenvalue weighted by Gasteiger charge is -2.10. The van der Waals surface area contributed by atoms with Crippen molar-refractivity contribution in [3.05, 3.63) is 53.9 Å². The molecule has 1 amide bonds. The van der Waals surface area contributed by atoms with Crippen molar-refractivity contribution in [1.82, 2.24) is 4.98 Å². The molecule has 0 aliphatic heterocycles. The van der Waals surface area contributed by atoms with E-state index in [0.29, 0.717) is 29.2 Å². The molecule has 0 saturated carbocycles. The van der Waals surface area contributed by atoms with Crippen molar-refractivity contribution >= 4 is 5.91 Å². The van der Waals surface area contributed by atoms with Crippen LogP contribution in [0.25, 0.3) is 0 Å². The Morgan fingerprint density at radius 3 is 2.70 bits per heavy atom. The standard InChI is InChI=1S/C15H16N2O3/c1-2-13(18)12-8-7-10(9-17-12)20-14-6-4-3-5-11(14)15(16)19/h3-9,13,18H,2H2,1H3,(H2,16,19)/t13-/m1/s1. The molecule has 20 heavy (non-hydrogen) atoms. The number of hydrogen-bond donors (Lipinski definition) is 2. The molecule has 0 aliphatic carbocycles. The fraction of sp³-hybridized carbons (Fsp3) is 0.200. The molecule has 5 nitrogen and oxygen atoms in total. The van der Waals surface area contributed by atoms with Gasteiger partial charge in [-0.3, -0.25) is 9.78 Å². The predicted molar refractivity (Wildman–Crippen MR) is 74.5 cm³/mol. The summed E-state index contributed by atoms with van der Waals surface area (Å²) in [6.07, 6.45) is 1.52. The lowest BCUT2D eigenvalue weighted by molar-refractivity contribution is 0.0998. The van der Waals surface area contributed by atoms with Crippen LogP contribution < -0.4 is 10.5 Å². The average molecular weight is 272 g/mol. The summed E-state index contributed by atoms with van der Waals surface area (Å²) in [5.41, 5.74) is 6.18. The van der Waals surface area contributed by atoms with Gasteiger partial charge in [-0.05, 0) is 30.7 Å². The van der Waals surface area contributed by atoms with Crippen LogP contribution in [0.1, 0.15) is 35.5 Å². The minimum Gasteiger partial charge on any atom is -0.455 e. The van der Waals surface area contributed by atoms with E-state index in [9.17, 15) is 9.90 Å². The van der Waals surface area contributed by atoms with E-state index < -0.39 is 12.0 Å². The third-order valence-corrected chi connectivity index (χ3v) is 2.87. The first-order valence-corrected chi connectivity index (χ1v) is 6.32. The average Bonchev–Trinajstić information content (AvgIpc) is 2.47. The Kier molecular flexibility index (Phi) is 4.32. The number of carbonyl (C=O) groups excluding carboxylic acids is 1. The smallest absolute Gasteiger partial charge is 0.252 e. The molecule has 1 aromatic heterocycles. The highest BCUT2D eigenvalue weighted by atomic mass is 16.5. The van der Waals surface area contributed by atoms with Crippen LogP contribution in [0, 0.1) is 0 Å². The Balaban J connectivity index is 2.20. The van der Waals surface area contributed by atoms with E-state index in [2.05, 4.69) is 4.98 Å². The number of amides is 1. The lowest BCUT2D eigenvalue weighted by Crippen LogP contribution is -2.12. The number of nitrogens with zero attached hydrogens (tertiary/aromatic N) is 1. The van der Waals surface area contributed by atoms with Gasteiger partial charge in [0, 0.05) is 0 Å². The Morgan fingerprint density at radius 1 is 1.35 bits per heavy atom. The monoisotopic (exact) mass is 272 g/mol. The summed E-state index contributed by atoms with van der Waals surface area (Å²) in [5, 5.41) is 9.66. The van der Waals surface area contributed by atoms with Gasteiger partial charge in [0.1, 0.15) is 11.5 Å². The largest absolute Gasteiger partial charge is 0.455 e. The topological polar surface area (TPSA) is 85.4 Å². The van der Waals surface area contributed by atoms with Crippen LogP contribution in [-0.4, -0.2) is 16.0 Å². The number of benzene rings is 1. The maximum Gasteiger partial charge on any atom is 0.252 e. The van der Waals surface area contributed by atoms with Crippen LogP contribution in [0.4, 0.5) is 0 Å². The van der Waals surface area contributed by atoms with E-state index in [1.165, 1.54) is 6.20 Å². The van der Waals surface area contributed by atoms with Gasteiger partial charge in [0.25, 0.3) is 5.91 Å². The highest BCUT2D eigenvalue weighted by Gasteiger charge is 2.10. The van der Waals surface area contributed by atoms with E-state index >= 15 is 0 Å². The maximum atomic E-state index is 11.3. The van der Waals surface area contributed by atoms with Gasteiger partial charge in [0.2, 0.25) is 0 Å². The number of ether oxygens (including phenoxy) is 1. The number of aromatic nitrogens is 1. The summed E-state index contributed by atoms with van der Waals surface area (Å²) in [7, 11) is 0. The Bertz CT molecular complexity index is 596. The van der Waals surface area contributed by atoms with Gasteiger partial charge >= 0.3 is 0 Å². The molecule has 0 bridgehead atoms. The number of para-hydroxylation sites is 1. The van der Waals surface area contributed by atoms with Crippen LogP contribution in [-0.2, 0) is 0 Å². The molecule has 0 saturated heterocycles. The highest BCUT2D eigenvalue weighted by Crippen LogP contribution is 2.25. The van der Waals surface area contributed by atoms with Gasteiger partial charge in [-0.1, -0.05) is 19.1 Å². The van der Waals surface area contributed by atoms with E-state index in [1.807, 2.05) is 6.92 Å². The minimum absolute atomic E-state index is 0.310. The maximum absolute atomic E-state index is 11.3. The fourth-order valence-electron chi connectivity index (χ4n) is 1.74. The molecular weight excluding hydrogens is 256 g/mol. The summed E-state index contributed by atoms with van der Waals surface area (Å²) in [4.78, 5) is 15.4. The second-order valence-electron chi connectivity index (χ2n) is 4.31. The fourth-order valence-corrected chi connectivity index (χ4v) is 1.74. The van der Waals surface area contributed by atoms with Crippen molar-refractivity contribution in [1.29, 1.82) is 0 Å². The number of aliphatic hydroxyl groups is 1. The zero-order valence-corrected chi connectivity index (χ0v) is 11.1. The lowest BCUT2D eigenvalue weighted by atomic mass is 10.2. The highest BCUT2D eigenvalue weighted by molar-refractivity contribution is 5.95. The quantitative estimate of drug-likeness (QED) is 0.875. The third kappa shape index (κ3) is 3.13. The van der Waals surface area contributed by atoms with Gasteiger partial charge in [-0.25, -0.2) is 0 Å².